The lowest BCUT2D eigenvalue weighted by molar-refractivity contribution is 0.415. The lowest BCUT2D eigenvalue weighted by Gasteiger charge is -2.06. The molecule has 0 amide bonds. The molecule has 84 valence electrons. The lowest BCUT2D eigenvalue weighted by atomic mass is 10.3. The van der Waals surface area contributed by atoms with Gasteiger partial charge in [-0.3, -0.25) is 0 Å². The molecule has 0 atom stereocenters. The first-order valence-corrected chi connectivity index (χ1v) is 5.09. The van der Waals surface area contributed by atoms with E-state index in [0.29, 0.717) is 5.69 Å². The highest BCUT2D eigenvalue weighted by Crippen LogP contribution is 2.19. The summed E-state index contributed by atoms with van der Waals surface area (Å²) in [5.41, 5.74) is 2.19. The number of nitriles is 1. The van der Waals surface area contributed by atoms with Crippen LogP contribution in [0, 0.1) is 11.3 Å². The summed E-state index contributed by atoms with van der Waals surface area (Å²) in [7, 11) is 1.63. The summed E-state index contributed by atoms with van der Waals surface area (Å²) in [5, 5.41) is 11.8. The number of nitrogens with one attached hydrogen (secondary N) is 1. The van der Waals surface area contributed by atoms with Gasteiger partial charge >= 0.3 is 0 Å². The Morgan fingerprint density at radius 1 is 1.12 bits per heavy atom. The quantitative estimate of drug-likeness (QED) is 0.872. The van der Waals surface area contributed by atoms with Crippen molar-refractivity contribution in [3.05, 3.63) is 48.3 Å². The Morgan fingerprint density at radius 2 is 1.82 bits per heavy atom. The van der Waals surface area contributed by atoms with Gasteiger partial charge in [0.05, 0.1) is 19.0 Å². The molecule has 4 nitrogen and oxygen atoms in total. The number of hydrogen-bond donors (Lipinski definition) is 1. The topological polar surface area (TPSA) is 57.9 Å². The smallest absolute Gasteiger partial charge is 0.140 e. The minimum atomic E-state index is 0.408. The molecule has 0 saturated heterocycles. The highest BCUT2D eigenvalue weighted by atomic mass is 16.5. The summed E-state index contributed by atoms with van der Waals surface area (Å²) in [5.74, 6) is 0.813. The predicted octanol–water partition coefficient (Wildman–Crippen LogP) is 2.71. The number of rotatable bonds is 3. The van der Waals surface area contributed by atoms with E-state index in [1.165, 1.54) is 0 Å². The SMILES string of the molecule is COc1ccc(Nc2ccc(C#N)nc2)cc1. The van der Waals surface area contributed by atoms with Crippen molar-refractivity contribution in [1.29, 1.82) is 5.26 Å². The maximum atomic E-state index is 8.63. The van der Waals surface area contributed by atoms with Gasteiger partial charge in [-0.05, 0) is 36.4 Å². The molecule has 0 aliphatic rings. The normalized spacial score (nSPS) is 9.41. The maximum absolute atomic E-state index is 8.63. The number of aromatic nitrogens is 1. The summed E-state index contributed by atoms with van der Waals surface area (Å²) in [6.07, 6.45) is 1.63. The molecule has 1 N–H and O–H groups in total. The molecule has 0 saturated carbocycles. The largest absolute Gasteiger partial charge is 0.497 e. The second kappa shape index (κ2) is 4.99. The van der Waals surface area contributed by atoms with Crippen LogP contribution in [0.15, 0.2) is 42.6 Å². The molecule has 1 aromatic carbocycles. The van der Waals surface area contributed by atoms with Crippen molar-refractivity contribution >= 4 is 11.4 Å². The Balaban J connectivity index is 2.11. The molecule has 0 aliphatic heterocycles. The van der Waals surface area contributed by atoms with Crippen LogP contribution in [-0.2, 0) is 0 Å². The van der Waals surface area contributed by atoms with Crippen LogP contribution in [0.1, 0.15) is 5.69 Å². The third-order valence-corrected chi connectivity index (χ3v) is 2.26. The van der Waals surface area contributed by atoms with Crippen LogP contribution < -0.4 is 10.1 Å². The van der Waals surface area contributed by atoms with E-state index in [0.717, 1.165) is 17.1 Å². The summed E-state index contributed by atoms with van der Waals surface area (Å²) in [6.45, 7) is 0. The zero-order valence-electron chi connectivity index (χ0n) is 9.34. The van der Waals surface area contributed by atoms with E-state index in [2.05, 4.69) is 10.3 Å². The first kappa shape index (κ1) is 11.0. The van der Waals surface area contributed by atoms with Gasteiger partial charge in [0.2, 0.25) is 0 Å². The number of nitrogens with zero attached hydrogens (tertiary/aromatic N) is 2. The van der Waals surface area contributed by atoms with Crippen molar-refractivity contribution in [2.45, 2.75) is 0 Å². The van der Waals surface area contributed by atoms with Crippen LogP contribution >= 0.6 is 0 Å². The first-order chi connectivity index (χ1) is 8.31. The number of pyridine rings is 1. The number of hydrogen-bond acceptors (Lipinski definition) is 4. The van der Waals surface area contributed by atoms with E-state index >= 15 is 0 Å². The summed E-state index contributed by atoms with van der Waals surface area (Å²) < 4.78 is 5.07. The number of anilines is 2. The molecule has 4 heteroatoms. The summed E-state index contributed by atoms with van der Waals surface area (Å²) in [6, 6.07) is 13.0. The third kappa shape index (κ3) is 2.73. The molecule has 17 heavy (non-hydrogen) atoms. The Labute approximate surface area is 99.5 Å². The molecule has 0 aliphatic carbocycles. The van der Waals surface area contributed by atoms with Gasteiger partial charge < -0.3 is 10.1 Å². The molecule has 0 spiro atoms. The highest BCUT2D eigenvalue weighted by Gasteiger charge is 1.97. The van der Waals surface area contributed by atoms with Crippen molar-refractivity contribution in [3.63, 3.8) is 0 Å². The molecule has 2 rings (SSSR count). The fourth-order valence-electron chi connectivity index (χ4n) is 1.37. The molecule has 0 unspecified atom stereocenters. The van der Waals surface area contributed by atoms with Crippen molar-refractivity contribution in [2.75, 3.05) is 12.4 Å². The predicted molar refractivity (Wildman–Crippen MR) is 65.2 cm³/mol. The van der Waals surface area contributed by atoms with E-state index in [-0.39, 0.29) is 0 Å². The fraction of sp³-hybridized carbons (Fsp3) is 0.0769. The van der Waals surface area contributed by atoms with Gasteiger partial charge in [-0.1, -0.05) is 0 Å². The van der Waals surface area contributed by atoms with Gasteiger partial charge in [0.25, 0.3) is 0 Å². The van der Waals surface area contributed by atoms with Crippen LogP contribution in [0.25, 0.3) is 0 Å². The van der Waals surface area contributed by atoms with Gasteiger partial charge in [-0.2, -0.15) is 5.26 Å². The zero-order valence-corrected chi connectivity index (χ0v) is 9.34. The zero-order chi connectivity index (χ0) is 12.1. The van der Waals surface area contributed by atoms with Crippen molar-refractivity contribution in [3.8, 4) is 11.8 Å². The van der Waals surface area contributed by atoms with E-state index in [4.69, 9.17) is 10.00 Å². The highest BCUT2D eigenvalue weighted by molar-refractivity contribution is 5.59. The molecule has 1 aromatic heterocycles. The van der Waals surface area contributed by atoms with Crippen LogP contribution in [0.2, 0.25) is 0 Å². The summed E-state index contributed by atoms with van der Waals surface area (Å²) in [4.78, 5) is 3.98. The van der Waals surface area contributed by atoms with Crippen molar-refractivity contribution in [2.24, 2.45) is 0 Å². The van der Waals surface area contributed by atoms with Crippen molar-refractivity contribution in [1.82, 2.24) is 4.98 Å². The van der Waals surface area contributed by atoms with Gasteiger partial charge in [-0.25, -0.2) is 4.98 Å². The number of benzene rings is 1. The molecule has 0 bridgehead atoms. The van der Waals surface area contributed by atoms with Crippen LogP contribution in [0.4, 0.5) is 11.4 Å². The fourth-order valence-corrected chi connectivity index (χ4v) is 1.37. The minimum Gasteiger partial charge on any atom is -0.497 e. The molecule has 0 radical (unpaired) electrons. The van der Waals surface area contributed by atoms with E-state index < -0.39 is 0 Å². The monoisotopic (exact) mass is 225 g/mol. The molecule has 0 fully saturated rings. The van der Waals surface area contributed by atoms with Crippen LogP contribution in [0.5, 0.6) is 5.75 Å². The average Bonchev–Trinajstić information content (AvgIpc) is 2.40. The van der Waals surface area contributed by atoms with E-state index in [1.807, 2.05) is 36.4 Å². The standard InChI is InChI=1S/C13H11N3O/c1-17-13-6-4-10(5-7-13)16-12-3-2-11(8-14)15-9-12/h2-7,9,16H,1H3. The van der Waals surface area contributed by atoms with Gasteiger partial charge in [0.1, 0.15) is 17.5 Å². The molecule has 2 aromatic rings. The molecule has 1 heterocycles. The first-order valence-electron chi connectivity index (χ1n) is 5.09. The number of methoxy groups -OCH3 is 1. The molecular weight excluding hydrogens is 214 g/mol. The lowest BCUT2D eigenvalue weighted by Crippen LogP contribution is -1.92. The Kier molecular flexibility index (Phi) is 3.22. The molecular formula is C13H11N3O. The summed E-state index contributed by atoms with van der Waals surface area (Å²) >= 11 is 0. The van der Waals surface area contributed by atoms with E-state index in [9.17, 15) is 0 Å². The van der Waals surface area contributed by atoms with Gasteiger partial charge in [0.15, 0.2) is 0 Å². The van der Waals surface area contributed by atoms with Gasteiger partial charge in [-0.15, -0.1) is 0 Å². The average molecular weight is 225 g/mol. The van der Waals surface area contributed by atoms with E-state index in [1.54, 1.807) is 19.4 Å². The number of ether oxygens (including phenoxy) is 1. The second-order valence-corrected chi connectivity index (χ2v) is 3.40. The van der Waals surface area contributed by atoms with Crippen LogP contribution in [-0.4, -0.2) is 12.1 Å². The Morgan fingerprint density at radius 3 is 2.35 bits per heavy atom. The van der Waals surface area contributed by atoms with Gasteiger partial charge in [0, 0.05) is 5.69 Å². The van der Waals surface area contributed by atoms with Crippen LogP contribution in [0.3, 0.4) is 0 Å². The minimum absolute atomic E-state index is 0.408. The second-order valence-electron chi connectivity index (χ2n) is 3.40. The van der Waals surface area contributed by atoms with Crippen molar-refractivity contribution < 1.29 is 4.74 Å². The third-order valence-electron chi connectivity index (χ3n) is 2.26. The Bertz CT molecular complexity index is 526. The Hall–Kier alpha value is -2.54. The maximum Gasteiger partial charge on any atom is 0.140 e.